The number of methoxy groups -OCH3 is 2. The molecule has 0 bridgehead atoms. The predicted molar refractivity (Wildman–Crippen MR) is 96.6 cm³/mol. The lowest BCUT2D eigenvalue weighted by Crippen LogP contribution is -2.44. The average molecular weight is 362 g/mol. The minimum Gasteiger partial charge on any atom is -0.493 e. The highest BCUT2D eigenvalue weighted by molar-refractivity contribution is 5.91. The van der Waals surface area contributed by atoms with Crippen LogP contribution in [0.25, 0.3) is 10.9 Å². The third kappa shape index (κ3) is 4.06. The summed E-state index contributed by atoms with van der Waals surface area (Å²) in [6, 6.07) is 3.64. The first-order valence-corrected chi connectivity index (χ1v) is 6.88. The van der Waals surface area contributed by atoms with Gasteiger partial charge in [-0.2, -0.15) is 4.98 Å². The Hall–Kier alpha value is -2.07. The SMILES string of the molecule is COc1cc2nc(N3CCNCC3)nc(N)c2cc1OC.Cl.O.O. The van der Waals surface area contributed by atoms with E-state index in [-0.39, 0.29) is 23.4 Å². The van der Waals surface area contributed by atoms with Gasteiger partial charge in [0.2, 0.25) is 5.95 Å². The van der Waals surface area contributed by atoms with Crippen LogP contribution in [0.15, 0.2) is 12.1 Å². The Bertz CT molecular complexity index is 667. The maximum Gasteiger partial charge on any atom is 0.227 e. The molecule has 9 nitrogen and oxygen atoms in total. The molecule has 1 aromatic heterocycles. The summed E-state index contributed by atoms with van der Waals surface area (Å²) < 4.78 is 10.6. The van der Waals surface area contributed by atoms with Gasteiger partial charge in [-0.3, -0.25) is 0 Å². The van der Waals surface area contributed by atoms with Crippen LogP contribution in [0.5, 0.6) is 11.5 Å². The molecule has 10 heteroatoms. The van der Waals surface area contributed by atoms with Crippen LogP contribution < -0.4 is 25.4 Å². The molecule has 1 aliphatic heterocycles. The second-order valence-corrected chi connectivity index (χ2v) is 4.87. The van der Waals surface area contributed by atoms with Crippen LogP contribution in [-0.4, -0.2) is 61.3 Å². The summed E-state index contributed by atoms with van der Waals surface area (Å²) in [5.74, 6) is 2.37. The highest BCUT2D eigenvalue weighted by atomic mass is 35.5. The molecule has 3 rings (SSSR count). The second kappa shape index (κ2) is 9.28. The van der Waals surface area contributed by atoms with E-state index in [1.165, 1.54) is 0 Å². The molecular weight excluding hydrogens is 338 g/mol. The first-order chi connectivity index (χ1) is 10.2. The summed E-state index contributed by atoms with van der Waals surface area (Å²) in [7, 11) is 3.20. The van der Waals surface area contributed by atoms with Crippen molar-refractivity contribution in [3.8, 4) is 11.5 Å². The summed E-state index contributed by atoms with van der Waals surface area (Å²) in [5.41, 5.74) is 6.85. The highest BCUT2D eigenvalue weighted by Crippen LogP contribution is 2.34. The predicted octanol–water partition coefficient (Wildman–Crippen LogP) is -0.589. The number of ether oxygens (including phenoxy) is 2. The summed E-state index contributed by atoms with van der Waals surface area (Å²) in [6.45, 7) is 3.59. The topological polar surface area (TPSA) is 149 Å². The Morgan fingerprint density at radius 3 is 2.21 bits per heavy atom. The second-order valence-electron chi connectivity index (χ2n) is 4.87. The first kappa shape index (κ1) is 21.9. The van der Waals surface area contributed by atoms with E-state index in [4.69, 9.17) is 15.2 Å². The van der Waals surface area contributed by atoms with Gasteiger partial charge in [0.25, 0.3) is 0 Å². The fourth-order valence-electron chi connectivity index (χ4n) is 2.47. The van der Waals surface area contributed by atoms with E-state index in [0.717, 1.165) is 37.1 Å². The van der Waals surface area contributed by atoms with Gasteiger partial charge in [0.05, 0.1) is 19.7 Å². The number of nitrogen functional groups attached to an aromatic ring is 1. The van der Waals surface area contributed by atoms with Crippen LogP contribution in [-0.2, 0) is 0 Å². The summed E-state index contributed by atoms with van der Waals surface area (Å²) in [5, 5.41) is 4.07. The zero-order valence-electron chi connectivity index (χ0n) is 13.6. The van der Waals surface area contributed by atoms with Gasteiger partial charge in [0, 0.05) is 37.6 Å². The summed E-state index contributed by atoms with van der Waals surface area (Å²) in [6.07, 6.45) is 0. The van der Waals surface area contributed by atoms with Crippen molar-refractivity contribution in [2.24, 2.45) is 0 Å². The van der Waals surface area contributed by atoms with E-state index in [1.54, 1.807) is 14.2 Å². The molecule has 0 atom stereocenters. The molecule has 1 fully saturated rings. The molecule has 2 aromatic rings. The van der Waals surface area contributed by atoms with Crippen LogP contribution in [0, 0.1) is 0 Å². The van der Waals surface area contributed by atoms with E-state index >= 15 is 0 Å². The molecule has 0 radical (unpaired) electrons. The van der Waals surface area contributed by atoms with Gasteiger partial charge in [-0.15, -0.1) is 12.4 Å². The molecule has 24 heavy (non-hydrogen) atoms. The number of benzene rings is 1. The number of aromatic nitrogens is 2. The lowest BCUT2D eigenvalue weighted by Gasteiger charge is -2.27. The fraction of sp³-hybridized carbons (Fsp3) is 0.429. The van der Waals surface area contributed by atoms with Crippen LogP contribution in [0.2, 0.25) is 0 Å². The number of nitrogens with one attached hydrogen (secondary N) is 1. The van der Waals surface area contributed by atoms with Crippen molar-refractivity contribution in [3.63, 3.8) is 0 Å². The molecule has 136 valence electrons. The lowest BCUT2D eigenvalue weighted by molar-refractivity contribution is 0.356. The minimum absolute atomic E-state index is 0. The number of halogens is 1. The van der Waals surface area contributed by atoms with E-state index in [0.29, 0.717) is 23.3 Å². The van der Waals surface area contributed by atoms with Gasteiger partial charge < -0.3 is 36.4 Å². The van der Waals surface area contributed by atoms with Crippen molar-refractivity contribution in [2.75, 3.05) is 51.0 Å². The van der Waals surface area contributed by atoms with E-state index in [9.17, 15) is 0 Å². The van der Waals surface area contributed by atoms with Gasteiger partial charge in [-0.25, -0.2) is 4.98 Å². The van der Waals surface area contributed by atoms with Gasteiger partial charge in [0.15, 0.2) is 11.5 Å². The Morgan fingerprint density at radius 2 is 1.62 bits per heavy atom. The zero-order valence-corrected chi connectivity index (χ0v) is 14.4. The minimum atomic E-state index is 0. The summed E-state index contributed by atoms with van der Waals surface area (Å²) in [4.78, 5) is 11.2. The average Bonchev–Trinajstić information content (AvgIpc) is 2.54. The van der Waals surface area contributed by atoms with Crippen molar-refractivity contribution in [2.45, 2.75) is 0 Å². The number of anilines is 2. The number of nitrogens with two attached hydrogens (primary N) is 1. The van der Waals surface area contributed by atoms with Crippen molar-refractivity contribution in [1.29, 1.82) is 0 Å². The molecule has 7 N–H and O–H groups in total. The molecule has 0 saturated carbocycles. The van der Waals surface area contributed by atoms with Crippen LogP contribution in [0.1, 0.15) is 0 Å². The van der Waals surface area contributed by atoms with Gasteiger partial charge in [0.1, 0.15) is 5.82 Å². The molecular formula is C14H24ClN5O4. The lowest BCUT2D eigenvalue weighted by atomic mass is 10.2. The van der Waals surface area contributed by atoms with Crippen LogP contribution >= 0.6 is 12.4 Å². The van der Waals surface area contributed by atoms with Crippen molar-refractivity contribution < 1.29 is 20.4 Å². The Morgan fingerprint density at radius 1 is 1.04 bits per heavy atom. The molecule has 1 saturated heterocycles. The molecule has 0 aliphatic carbocycles. The molecule has 1 aromatic carbocycles. The largest absolute Gasteiger partial charge is 0.493 e. The van der Waals surface area contributed by atoms with E-state index in [1.807, 2.05) is 12.1 Å². The number of piperazine rings is 1. The van der Waals surface area contributed by atoms with Gasteiger partial charge in [-0.05, 0) is 6.07 Å². The Kier molecular flexibility index (Phi) is 8.48. The Labute approximate surface area is 146 Å². The number of fused-ring (bicyclic) bond motifs is 1. The normalized spacial score (nSPS) is 13.3. The molecule has 0 unspecified atom stereocenters. The standard InChI is InChI=1S/C14H19N5O2.ClH.2H2O/c1-20-11-7-9-10(8-12(11)21-2)17-14(18-13(9)15)19-5-3-16-4-6-19;;;/h7-8,16H,3-6H2,1-2H3,(H2,15,17,18);1H;2*1H2. The third-order valence-electron chi connectivity index (χ3n) is 3.62. The van der Waals surface area contributed by atoms with Crippen LogP contribution in [0.4, 0.5) is 11.8 Å². The van der Waals surface area contributed by atoms with Crippen molar-refractivity contribution in [3.05, 3.63) is 12.1 Å². The summed E-state index contributed by atoms with van der Waals surface area (Å²) >= 11 is 0. The molecule has 0 amide bonds. The number of hydrogen-bond donors (Lipinski definition) is 2. The fourth-order valence-corrected chi connectivity index (χ4v) is 2.47. The van der Waals surface area contributed by atoms with Gasteiger partial charge >= 0.3 is 0 Å². The van der Waals surface area contributed by atoms with Gasteiger partial charge in [-0.1, -0.05) is 0 Å². The number of rotatable bonds is 3. The maximum absolute atomic E-state index is 6.09. The zero-order chi connectivity index (χ0) is 14.8. The van der Waals surface area contributed by atoms with Crippen molar-refractivity contribution in [1.82, 2.24) is 15.3 Å². The third-order valence-corrected chi connectivity index (χ3v) is 3.62. The number of hydrogen-bond acceptors (Lipinski definition) is 7. The highest BCUT2D eigenvalue weighted by Gasteiger charge is 2.16. The first-order valence-electron chi connectivity index (χ1n) is 6.88. The quantitative estimate of drug-likeness (QED) is 0.741. The smallest absolute Gasteiger partial charge is 0.227 e. The molecule has 1 aliphatic rings. The maximum atomic E-state index is 6.09. The molecule has 2 heterocycles. The van der Waals surface area contributed by atoms with Crippen molar-refractivity contribution >= 4 is 35.1 Å². The molecule has 0 spiro atoms. The van der Waals surface area contributed by atoms with Crippen LogP contribution in [0.3, 0.4) is 0 Å². The van der Waals surface area contributed by atoms with E-state index < -0.39 is 0 Å². The van der Waals surface area contributed by atoms with E-state index in [2.05, 4.69) is 20.2 Å². The monoisotopic (exact) mass is 361 g/mol. The number of nitrogens with zero attached hydrogens (tertiary/aromatic N) is 3. The Balaban J connectivity index is 0.00000176.